The molecule has 182 valence electrons. The molecule has 4 rings (SSSR count). The average Bonchev–Trinajstić information content (AvgIpc) is 3.01. The molecule has 1 aromatic heterocycles. The Kier molecular flexibility index (Phi) is 7.22. The number of Topliss-reactive ketones (excluding diaryl/α,β-unsaturated/α-hetero) is 1. The minimum absolute atomic E-state index is 0.158. The molecule has 34 heavy (non-hydrogen) atoms. The summed E-state index contributed by atoms with van der Waals surface area (Å²) in [6.07, 6.45) is 0.207. The molecule has 3 N–H and O–H groups in total. The van der Waals surface area contributed by atoms with Gasteiger partial charge in [0, 0.05) is 29.2 Å². The molecule has 0 saturated carbocycles. The highest BCUT2D eigenvalue weighted by atomic mass is 32.2. The lowest BCUT2D eigenvalue weighted by Gasteiger charge is -2.25. The molecule has 5 atom stereocenters. The van der Waals surface area contributed by atoms with Crippen LogP contribution in [0.15, 0.2) is 41.6 Å². The van der Waals surface area contributed by atoms with Gasteiger partial charge in [0.15, 0.2) is 10.8 Å². The van der Waals surface area contributed by atoms with Crippen molar-refractivity contribution in [2.24, 2.45) is 11.8 Å². The highest BCUT2D eigenvalue weighted by molar-refractivity contribution is 7.99. The summed E-state index contributed by atoms with van der Waals surface area (Å²) in [6, 6.07) is 6.73. The summed E-state index contributed by atoms with van der Waals surface area (Å²) in [7, 11) is -4.12. The smallest absolute Gasteiger partial charge is 0.310 e. The molecule has 5 unspecified atom stereocenters. The molecule has 12 heteroatoms. The van der Waals surface area contributed by atoms with E-state index < -0.39 is 52.1 Å². The van der Waals surface area contributed by atoms with Gasteiger partial charge in [0.2, 0.25) is 12.2 Å². The number of nitrogens with zero attached hydrogens (tertiary/aromatic N) is 1. The van der Waals surface area contributed by atoms with Crippen molar-refractivity contribution in [2.45, 2.75) is 43.2 Å². The molecule has 3 heterocycles. The molecule has 2 aliphatic heterocycles. The number of amides is 1. The number of aliphatic hydroxyl groups excluding tert-OH is 1. The van der Waals surface area contributed by atoms with Gasteiger partial charge in [-0.05, 0) is 23.6 Å². The van der Waals surface area contributed by atoms with Crippen LogP contribution in [0, 0.1) is 11.8 Å². The van der Waals surface area contributed by atoms with Gasteiger partial charge in [-0.2, -0.15) is 16.5 Å². The number of aromatic nitrogens is 1. The van der Waals surface area contributed by atoms with Crippen LogP contribution in [0.3, 0.4) is 0 Å². The third-order valence-electron chi connectivity index (χ3n) is 6.08. The number of fused-ring (bicyclic) bond motifs is 1. The van der Waals surface area contributed by atoms with E-state index in [0.717, 1.165) is 0 Å². The molecule has 2 saturated heterocycles. The molecule has 0 aliphatic carbocycles. The number of ketones is 1. The molecular formula is C22H25N3O7S2. The van der Waals surface area contributed by atoms with Crippen molar-refractivity contribution < 1.29 is 32.6 Å². The second kappa shape index (κ2) is 9.98. The quantitative estimate of drug-likeness (QED) is 0.477. The lowest BCUT2D eigenvalue weighted by Crippen LogP contribution is -2.49. The van der Waals surface area contributed by atoms with E-state index in [-0.39, 0.29) is 23.0 Å². The Hall–Kier alpha value is -2.54. The van der Waals surface area contributed by atoms with Crippen LogP contribution in [0.25, 0.3) is 10.8 Å². The van der Waals surface area contributed by atoms with Crippen molar-refractivity contribution in [3.8, 4) is 0 Å². The Bertz CT molecular complexity index is 1210. The zero-order valence-electron chi connectivity index (χ0n) is 18.3. The zero-order chi connectivity index (χ0) is 24.5. The molecule has 2 fully saturated rings. The van der Waals surface area contributed by atoms with Crippen LogP contribution in [0.1, 0.15) is 19.8 Å². The molecule has 1 amide bonds. The lowest BCUT2D eigenvalue weighted by atomic mass is 9.84. The van der Waals surface area contributed by atoms with E-state index in [1.165, 1.54) is 18.0 Å². The van der Waals surface area contributed by atoms with Crippen LogP contribution in [-0.2, 0) is 29.1 Å². The standard InChI is InChI=1S/C22H25N3O7S2/c1-12(20(28)24-16-10-18(26)32-22(16)29)14-7-9-33-11-17(19(14)27)25-34(30,31)21-15-5-3-2-4-13(15)6-8-23-21/h2-6,8,12,14,16-17,22,25,29H,7,9-11H2,1H3,(H,24,28). The van der Waals surface area contributed by atoms with Crippen LogP contribution in [0.2, 0.25) is 0 Å². The Labute approximate surface area is 200 Å². The van der Waals surface area contributed by atoms with E-state index in [2.05, 4.69) is 19.8 Å². The third-order valence-corrected chi connectivity index (χ3v) is 8.61. The fraction of sp³-hybridized carbons (Fsp3) is 0.455. The summed E-state index contributed by atoms with van der Waals surface area (Å²) >= 11 is 1.43. The molecule has 0 spiro atoms. The maximum absolute atomic E-state index is 13.3. The molecular weight excluding hydrogens is 482 g/mol. The van der Waals surface area contributed by atoms with Gasteiger partial charge in [-0.25, -0.2) is 13.4 Å². The summed E-state index contributed by atoms with van der Waals surface area (Å²) in [5.41, 5.74) is 0. The molecule has 0 radical (unpaired) electrons. The van der Waals surface area contributed by atoms with Gasteiger partial charge in [0.25, 0.3) is 10.0 Å². The molecule has 2 aromatic rings. The number of esters is 1. The van der Waals surface area contributed by atoms with Crippen LogP contribution in [-0.4, -0.2) is 66.0 Å². The minimum Gasteiger partial charge on any atom is -0.434 e. The first-order valence-electron chi connectivity index (χ1n) is 10.8. The fourth-order valence-corrected chi connectivity index (χ4v) is 6.73. The molecule has 1 aromatic carbocycles. The van der Waals surface area contributed by atoms with Gasteiger partial charge >= 0.3 is 5.97 Å². The van der Waals surface area contributed by atoms with Crippen LogP contribution >= 0.6 is 11.8 Å². The number of pyridine rings is 1. The monoisotopic (exact) mass is 507 g/mol. The number of ether oxygens (including phenoxy) is 1. The van der Waals surface area contributed by atoms with Gasteiger partial charge in [0.05, 0.1) is 12.5 Å². The van der Waals surface area contributed by atoms with Gasteiger partial charge in [-0.1, -0.05) is 31.2 Å². The number of hydrogen-bond acceptors (Lipinski definition) is 9. The van der Waals surface area contributed by atoms with Gasteiger partial charge in [-0.3, -0.25) is 14.4 Å². The maximum Gasteiger partial charge on any atom is 0.310 e. The summed E-state index contributed by atoms with van der Waals surface area (Å²) in [6.45, 7) is 1.58. The predicted molar refractivity (Wildman–Crippen MR) is 124 cm³/mol. The van der Waals surface area contributed by atoms with Gasteiger partial charge in [-0.15, -0.1) is 0 Å². The van der Waals surface area contributed by atoms with Crippen LogP contribution in [0.5, 0.6) is 0 Å². The highest BCUT2D eigenvalue weighted by Gasteiger charge is 2.41. The number of aliphatic hydroxyl groups is 1. The topological polar surface area (TPSA) is 152 Å². The van der Waals surface area contributed by atoms with Crippen molar-refractivity contribution in [2.75, 3.05) is 11.5 Å². The van der Waals surface area contributed by atoms with E-state index in [1.54, 1.807) is 37.3 Å². The summed E-state index contributed by atoms with van der Waals surface area (Å²) < 4.78 is 33.5. The first-order valence-corrected chi connectivity index (χ1v) is 13.5. The van der Waals surface area contributed by atoms with E-state index in [0.29, 0.717) is 22.9 Å². The van der Waals surface area contributed by atoms with E-state index >= 15 is 0 Å². The number of benzene rings is 1. The van der Waals surface area contributed by atoms with Gasteiger partial charge in [0.1, 0.15) is 6.04 Å². The number of nitrogens with one attached hydrogen (secondary N) is 2. The van der Waals surface area contributed by atoms with Crippen molar-refractivity contribution in [3.05, 3.63) is 36.5 Å². The Morgan fingerprint density at radius 3 is 2.76 bits per heavy atom. The van der Waals surface area contributed by atoms with Crippen LogP contribution < -0.4 is 10.0 Å². The number of carbonyl (C=O) groups is 3. The van der Waals surface area contributed by atoms with Crippen molar-refractivity contribution in [1.29, 1.82) is 0 Å². The van der Waals surface area contributed by atoms with Crippen molar-refractivity contribution in [1.82, 2.24) is 15.0 Å². The number of sulfonamides is 1. The van der Waals surface area contributed by atoms with Crippen molar-refractivity contribution >= 4 is 50.2 Å². The average molecular weight is 508 g/mol. The summed E-state index contributed by atoms with van der Waals surface area (Å²) in [4.78, 5) is 41.5. The number of carbonyl (C=O) groups excluding carboxylic acids is 3. The largest absolute Gasteiger partial charge is 0.434 e. The Balaban J connectivity index is 1.51. The summed E-state index contributed by atoms with van der Waals surface area (Å²) in [5, 5.41) is 13.3. The molecule has 2 aliphatic rings. The fourth-order valence-electron chi connectivity index (χ4n) is 4.20. The molecule has 10 nitrogen and oxygen atoms in total. The zero-order valence-corrected chi connectivity index (χ0v) is 20.0. The Morgan fingerprint density at radius 1 is 1.26 bits per heavy atom. The second-order valence-electron chi connectivity index (χ2n) is 8.37. The number of cyclic esters (lactones) is 1. The number of hydrogen-bond donors (Lipinski definition) is 3. The third kappa shape index (κ3) is 5.09. The van der Waals surface area contributed by atoms with Gasteiger partial charge < -0.3 is 15.2 Å². The lowest BCUT2D eigenvalue weighted by molar-refractivity contribution is -0.155. The Morgan fingerprint density at radius 2 is 2.03 bits per heavy atom. The summed E-state index contributed by atoms with van der Waals surface area (Å²) in [5.74, 6) is -2.23. The first kappa shape index (κ1) is 24.6. The molecule has 0 bridgehead atoms. The van der Waals surface area contributed by atoms with E-state index in [1.807, 2.05) is 0 Å². The predicted octanol–water partition coefficient (Wildman–Crippen LogP) is 0.590. The number of rotatable bonds is 6. The second-order valence-corrected chi connectivity index (χ2v) is 11.2. The highest BCUT2D eigenvalue weighted by Crippen LogP contribution is 2.28. The first-order chi connectivity index (χ1) is 16.2. The maximum atomic E-state index is 13.3. The SMILES string of the molecule is CC(C(=O)NC1CC(=O)OC1O)C1CCSCC(NS(=O)(=O)c2nccc3ccccc23)C1=O. The normalized spacial score (nSPS) is 26.6. The number of thioether (sulfide) groups is 1. The van der Waals surface area contributed by atoms with E-state index in [4.69, 9.17) is 0 Å². The van der Waals surface area contributed by atoms with Crippen LogP contribution in [0.4, 0.5) is 0 Å². The minimum atomic E-state index is -4.12. The van der Waals surface area contributed by atoms with E-state index in [9.17, 15) is 27.9 Å². The van der Waals surface area contributed by atoms with Crippen molar-refractivity contribution in [3.63, 3.8) is 0 Å².